The van der Waals surface area contributed by atoms with Crippen molar-refractivity contribution in [3.05, 3.63) is 29.6 Å². The van der Waals surface area contributed by atoms with Crippen molar-refractivity contribution in [3.8, 4) is 5.75 Å². The predicted molar refractivity (Wildman–Crippen MR) is 60.8 cm³/mol. The van der Waals surface area contributed by atoms with Gasteiger partial charge in [0.2, 0.25) is 0 Å². The Morgan fingerprint density at radius 3 is 3.00 bits per heavy atom. The van der Waals surface area contributed by atoms with E-state index >= 15 is 0 Å². The zero-order valence-electron chi connectivity index (χ0n) is 9.47. The zero-order chi connectivity index (χ0) is 13.1. The number of carbonyl (C=O) groups excluding carboxylic acids is 1. The lowest BCUT2D eigenvalue weighted by molar-refractivity contribution is -0.124. The van der Waals surface area contributed by atoms with Gasteiger partial charge in [-0.1, -0.05) is 5.16 Å². The number of benzene rings is 1. The minimum Gasteiger partial charge on any atom is -0.505 e. The molecular weight excluding hydrogens is 241 g/mol. The molecule has 0 amide bonds. The van der Waals surface area contributed by atoms with Gasteiger partial charge in [-0.25, -0.2) is 4.39 Å². The van der Waals surface area contributed by atoms with Gasteiger partial charge >= 0.3 is 0 Å². The average Bonchev–Trinajstić information content (AvgIpc) is 2.81. The van der Waals surface area contributed by atoms with Crippen LogP contribution in [-0.4, -0.2) is 34.4 Å². The SMILES string of the molecule is O=C(CO)CC1CC(c2ccc(O)c(F)c2)=NO1. The van der Waals surface area contributed by atoms with E-state index in [1.807, 2.05) is 0 Å². The summed E-state index contributed by atoms with van der Waals surface area (Å²) in [5.41, 5.74) is 1.02. The van der Waals surface area contributed by atoms with Crippen LogP contribution >= 0.6 is 0 Å². The number of nitrogens with zero attached hydrogens (tertiary/aromatic N) is 1. The number of oxime groups is 1. The highest BCUT2D eigenvalue weighted by molar-refractivity contribution is 6.01. The molecule has 18 heavy (non-hydrogen) atoms. The molecular formula is C12H12FNO4. The lowest BCUT2D eigenvalue weighted by Crippen LogP contribution is -2.16. The Kier molecular flexibility index (Phi) is 3.57. The second kappa shape index (κ2) is 5.14. The van der Waals surface area contributed by atoms with Gasteiger partial charge in [0.1, 0.15) is 12.7 Å². The molecule has 0 saturated heterocycles. The summed E-state index contributed by atoms with van der Waals surface area (Å²) in [7, 11) is 0. The van der Waals surface area contributed by atoms with Crippen molar-refractivity contribution in [3.63, 3.8) is 0 Å². The first-order valence-corrected chi connectivity index (χ1v) is 5.44. The van der Waals surface area contributed by atoms with Gasteiger partial charge in [-0.05, 0) is 18.2 Å². The Hall–Kier alpha value is -1.95. The lowest BCUT2D eigenvalue weighted by Gasteiger charge is -2.05. The molecule has 0 spiro atoms. The average molecular weight is 253 g/mol. The van der Waals surface area contributed by atoms with E-state index in [2.05, 4.69) is 5.16 Å². The maximum Gasteiger partial charge on any atom is 0.165 e. The third-order valence-electron chi connectivity index (χ3n) is 2.65. The second-order valence-electron chi connectivity index (χ2n) is 4.04. The number of aliphatic hydroxyl groups excluding tert-OH is 1. The fourth-order valence-corrected chi connectivity index (χ4v) is 1.71. The Morgan fingerprint density at radius 1 is 1.56 bits per heavy atom. The summed E-state index contributed by atoms with van der Waals surface area (Å²) in [6.45, 7) is -0.525. The summed E-state index contributed by atoms with van der Waals surface area (Å²) < 4.78 is 13.2. The van der Waals surface area contributed by atoms with Gasteiger partial charge in [0.25, 0.3) is 0 Å². The summed E-state index contributed by atoms with van der Waals surface area (Å²) in [4.78, 5) is 16.1. The van der Waals surface area contributed by atoms with Gasteiger partial charge in [-0.3, -0.25) is 4.79 Å². The first-order chi connectivity index (χ1) is 8.60. The summed E-state index contributed by atoms with van der Waals surface area (Å²) >= 11 is 0. The van der Waals surface area contributed by atoms with E-state index in [0.717, 1.165) is 6.07 Å². The highest BCUT2D eigenvalue weighted by Crippen LogP contribution is 2.22. The molecule has 0 bridgehead atoms. The van der Waals surface area contributed by atoms with Crippen molar-refractivity contribution in [1.82, 2.24) is 0 Å². The van der Waals surface area contributed by atoms with E-state index in [1.54, 1.807) is 0 Å². The molecule has 1 aliphatic rings. The lowest BCUT2D eigenvalue weighted by atomic mass is 10.0. The number of aromatic hydroxyl groups is 1. The standard InChI is InChI=1S/C12H12FNO4/c13-10-3-7(1-2-12(10)17)11-5-9(18-14-11)4-8(16)6-15/h1-3,9,15,17H,4-6H2. The Morgan fingerprint density at radius 2 is 2.33 bits per heavy atom. The van der Waals surface area contributed by atoms with Crippen LogP contribution in [0.5, 0.6) is 5.75 Å². The highest BCUT2D eigenvalue weighted by atomic mass is 19.1. The molecule has 1 aliphatic heterocycles. The van der Waals surface area contributed by atoms with Crippen LogP contribution < -0.4 is 0 Å². The minimum absolute atomic E-state index is 0.0735. The number of carbonyl (C=O) groups is 1. The summed E-state index contributed by atoms with van der Waals surface area (Å²) in [5, 5.41) is 21.5. The van der Waals surface area contributed by atoms with E-state index in [-0.39, 0.29) is 12.2 Å². The summed E-state index contributed by atoms with van der Waals surface area (Å²) in [6, 6.07) is 3.92. The van der Waals surface area contributed by atoms with Gasteiger partial charge in [-0.2, -0.15) is 0 Å². The van der Waals surface area contributed by atoms with Gasteiger partial charge in [0, 0.05) is 18.4 Å². The fraction of sp³-hybridized carbons (Fsp3) is 0.333. The van der Waals surface area contributed by atoms with Crippen LogP contribution in [0.2, 0.25) is 0 Å². The molecule has 1 aromatic rings. The Bertz CT molecular complexity index is 501. The molecule has 0 radical (unpaired) electrons. The van der Waals surface area contributed by atoms with Crippen molar-refractivity contribution < 1.29 is 24.2 Å². The summed E-state index contributed by atoms with van der Waals surface area (Å²) in [5.74, 6) is -1.48. The zero-order valence-corrected chi connectivity index (χ0v) is 9.47. The molecule has 1 unspecified atom stereocenters. The van der Waals surface area contributed by atoms with Crippen molar-refractivity contribution in [2.24, 2.45) is 5.16 Å². The number of rotatable bonds is 4. The summed E-state index contributed by atoms with van der Waals surface area (Å²) in [6.07, 6.45) is 0.0246. The monoisotopic (exact) mass is 253 g/mol. The van der Waals surface area contributed by atoms with E-state index in [1.165, 1.54) is 12.1 Å². The number of Topliss-reactive ketones (excluding diaryl/α,β-unsaturated/α-hetero) is 1. The van der Waals surface area contributed by atoms with Crippen LogP contribution in [0.1, 0.15) is 18.4 Å². The van der Waals surface area contributed by atoms with E-state index in [4.69, 9.17) is 15.1 Å². The quantitative estimate of drug-likeness (QED) is 0.838. The molecule has 2 rings (SSSR count). The van der Waals surface area contributed by atoms with Crippen LogP contribution in [0, 0.1) is 5.82 Å². The first kappa shape index (κ1) is 12.5. The smallest absolute Gasteiger partial charge is 0.165 e. The molecule has 0 aromatic heterocycles. The maximum atomic E-state index is 13.2. The minimum atomic E-state index is -0.731. The third kappa shape index (κ3) is 2.65. The molecule has 0 aliphatic carbocycles. The van der Waals surface area contributed by atoms with Crippen molar-refractivity contribution in [1.29, 1.82) is 0 Å². The normalized spacial score (nSPS) is 18.3. The van der Waals surface area contributed by atoms with Crippen molar-refractivity contribution in [2.45, 2.75) is 18.9 Å². The van der Waals surface area contributed by atoms with Crippen LogP contribution in [0.3, 0.4) is 0 Å². The molecule has 6 heteroatoms. The number of halogens is 1. The number of ketones is 1. The molecule has 1 atom stereocenters. The van der Waals surface area contributed by atoms with Gasteiger partial charge in [-0.15, -0.1) is 0 Å². The van der Waals surface area contributed by atoms with Gasteiger partial charge in [0.15, 0.2) is 17.3 Å². The van der Waals surface area contributed by atoms with Gasteiger partial charge in [0.05, 0.1) is 5.71 Å². The molecule has 0 fully saturated rings. The van der Waals surface area contributed by atoms with E-state index in [9.17, 15) is 9.18 Å². The largest absolute Gasteiger partial charge is 0.505 e. The molecule has 96 valence electrons. The number of hydrogen-bond acceptors (Lipinski definition) is 5. The number of phenols is 1. The van der Waals surface area contributed by atoms with Crippen LogP contribution in [0.15, 0.2) is 23.4 Å². The Balaban J connectivity index is 2.04. The van der Waals surface area contributed by atoms with E-state index in [0.29, 0.717) is 17.7 Å². The number of aliphatic hydroxyl groups is 1. The number of phenolic OH excluding ortho intramolecular Hbond substituents is 1. The third-order valence-corrected chi connectivity index (χ3v) is 2.65. The van der Waals surface area contributed by atoms with Crippen LogP contribution in [-0.2, 0) is 9.63 Å². The van der Waals surface area contributed by atoms with Gasteiger partial charge < -0.3 is 15.1 Å². The molecule has 5 nitrogen and oxygen atoms in total. The Labute approximate surface area is 102 Å². The van der Waals surface area contributed by atoms with E-state index < -0.39 is 24.3 Å². The topological polar surface area (TPSA) is 79.1 Å². The first-order valence-electron chi connectivity index (χ1n) is 5.44. The molecule has 0 saturated carbocycles. The van der Waals surface area contributed by atoms with Crippen LogP contribution in [0.4, 0.5) is 4.39 Å². The molecule has 2 N–H and O–H groups in total. The number of hydrogen-bond donors (Lipinski definition) is 2. The highest BCUT2D eigenvalue weighted by Gasteiger charge is 2.24. The maximum absolute atomic E-state index is 13.2. The van der Waals surface area contributed by atoms with Crippen molar-refractivity contribution >= 4 is 11.5 Å². The molecule has 1 aromatic carbocycles. The molecule has 1 heterocycles. The second-order valence-corrected chi connectivity index (χ2v) is 4.04. The fourth-order valence-electron chi connectivity index (χ4n) is 1.71. The van der Waals surface area contributed by atoms with Crippen LogP contribution in [0.25, 0.3) is 0 Å². The predicted octanol–water partition coefficient (Wildman–Crippen LogP) is 0.976. The van der Waals surface area contributed by atoms with Crippen molar-refractivity contribution in [2.75, 3.05) is 6.61 Å².